The van der Waals surface area contributed by atoms with Gasteiger partial charge in [0.05, 0.1) is 17.1 Å². The largest absolute Gasteiger partial charge is 0.228 e. The highest BCUT2D eigenvalue weighted by molar-refractivity contribution is 8.93. The van der Waals surface area contributed by atoms with E-state index in [-0.39, 0.29) is 17.0 Å². The summed E-state index contributed by atoms with van der Waals surface area (Å²) >= 11 is 3.17. The molecule has 6 nitrogen and oxygen atoms in total. The SMILES string of the molecule is Br.Cc1csc(N2C(c3ccccc3)=NN(c3ccccc3)N2c2nc(C)cs2)n1. The molecule has 0 spiro atoms. The molecule has 2 aromatic carbocycles. The van der Waals surface area contributed by atoms with Gasteiger partial charge in [0.1, 0.15) is 0 Å². The lowest BCUT2D eigenvalue weighted by Crippen LogP contribution is -2.48. The van der Waals surface area contributed by atoms with Crippen molar-refractivity contribution < 1.29 is 0 Å². The summed E-state index contributed by atoms with van der Waals surface area (Å²) in [6, 6.07) is 20.3. The summed E-state index contributed by atoms with van der Waals surface area (Å²) in [6.45, 7) is 4.00. The second kappa shape index (κ2) is 8.55. The topological polar surface area (TPSA) is 47.9 Å². The molecule has 152 valence electrons. The number of hydrogen-bond acceptors (Lipinski definition) is 8. The van der Waals surface area contributed by atoms with Gasteiger partial charge in [-0.25, -0.2) is 9.97 Å². The van der Waals surface area contributed by atoms with Crippen LogP contribution in [0.1, 0.15) is 17.0 Å². The fourth-order valence-electron chi connectivity index (χ4n) is 3.06. The van der Waals surface area contributed by atoms with Crippen LogP contribution in [0.2, 0.25) is 0 Å². The smallest absolute Gasteiger partial charge is 0.224 e. The zero-order chi connectivity index (χ0) is 19.8. The van der Waals surface area contributed by atoms with Crippen LogP contribution in [0.25, 0.3) is 0 Å². The molecule has 0 amide bonds. The predicted octanol–water partition coefficient (Wildman–Crippen LogP) is 5.82. The molecular formula is C21H19BrN6S2. The summed E-state index contributed by atoms with van der Waals surface area (Å²) in [4.78, 5) is 9.49. The lowest BCUT2D eigenvalue weighted by Gasteiger charge is -2.32. The Morgan fingerprint density at radius 2 is 1.30 bits per heavy atom. The van der Waals surface area contributed by atoms with Gasteiger partial charge in [0.2, 0.25) is 10.3 Å². The second-order valence-electron chi connectivity index (χ2n) is 6.56. The van der Waals surface area contributed by atoms with E-state index in [2.05, 4.69) is 17.5 Å². The number of hydrazine groups is 2. The normalized spacial score (nSPS) is 13.4. The summed E-state index contributed by atoms with van der Waals surface area (Å²) < 4.78 is 0. The van der Waals surface area contributed by atoms with Gasteiger partial charge in [-0.15, -0.1) is 55.0 Å². The molecule has 1 aliphatic rings. The molecule has 0 fully saturated rings. The van der Waals surface area contributed by atoms with Crippen molar-refractivity contribution in [1.29, 1.82) is 0 Å². The quantitative estimate of drug-likeness (QED) is 0.354. The molecule has 30 heavy (non-hydrogen) atoms. The number of aryl methyl sites for hydroxylation is 2. The van der Waals surface area contributed by atoms with Crippen molar-refractivity contribution in [2.75, 3.05) is 15.2 Å². The number of nitrogens with zero attached hydrogens (tertiary/aromatic N) is 6. The monoisotopic (exact) mass is 498 g/mol. The maximum absolute atomic E-state index is 5.00. The first kappa shape index (κ1) is 20.5. The third-order valence-corrected chi connectivity index (χ3v) is 6.20. The third kappa shape index (κ3) is 3.71. The molecule has 0 aliphatic carbocycles. The van der Waals surface area contributed by atoms with Crippen molar-refractivity contribution in [3.05, 3.63) is 88.4 Å². The first-order valence-electron chi connectivity index (χ1n) is 9.14. The Hall–Kier alpha value is -2.75. The zero-order valence-corrected chi connectivity index (χ0v) is 19.7. The van der Waals surface area contributed by atoms with Crippen LogP contribution in [0.3, 0.4) is 0 Å². The molecule has 0 unspecified atom stereocenters. The number of rotatable bonds is 4. The molecular weight excluding hydrogens is 480 g/mol. The number of hydrazone groups is 1. The molecule has 1 aliphatic heterocycles. The number of para-hydroxylation sites is 1. The van der Waals surface area contributed by atoms with Crippen molar-refractivity contribution in [2.24, 2.45) is 5.10 Å². The average molecular weight is 499 g/mol. The Morgan fingerprint density at radius 3 is 1.87 bits per heavy atom. The first-order valence-corrected chi connectivity index (χ1v) is 10.9. The van der Waals surface area contributed by atoms with Gasteiger partial charge >= 0.3 is 0 Å². The highest BCUT2D eigenvalue weighted by atomic mass is 79.9. The van der Waals surface area contributed by atoms with Gasteiger partial charge in [-0.1, -0.05) is 48.5 Å². The van der Waals surface area contributed by atoms with E-state index >= 15 is 0 Å². The van der Waals surface area contributed by atoms with Crippen molar-refractivity contribution >= 4 is 61.4 Å². The molecule has 5 rings (SSSR count). The number of halogens is 1. The maximum Gasteiger partial charge on any atom is 0.228 e. The van der Waals surface area contributed by atoms with E-state index < -0.39 is 0 Å². The zero-order valence-electron chi connectivity index (χ0n) is 16.3. The molecule has 4 aromatic rings. The fourth-order valence-corrected chi connectivity index (χ4v) is 4.62. The average Bonchev–Trinajstić information content (AvgIpc) is 3.47. The van der Waals surface area contributed by atoms with Crippen LogP contribution in [0, 0.1) is 13.8 Å². The van der Waals surface area contributed by atoms with Crippen molar-refractivity contribution in [1.82, 2.24) is 9.97 Å². The van der Waals surface area contributed by atoms with Crippen molar-refractivity contribution in [3.8, 4) is 0 Å². The van der Waals surface area contributed by atoms with Gasteiger partial charge in [0.25, 0.3) is 0 Å². The molecule has 0 saturated carbocycles. The van der Waals surface area contributed by atoms with Crippen LogP contribution in [-0.2, 0) is 0 Å². The highest BCUT2D eigenvalue weighted by Crippen LogP contribution is 2.37. The summed E-state index contributed by atoms with van der Waals surface area (Å²) in [5.74, 6) is 0.802. The Kier molecular flexibility index (Phi) is 5.85. The first-order chi connectivity index (χ1) is 14.2. The van der Waals surface area contributed by atoms with Crippen molar-refractivity contribution in [3.63, 3.8) is 0 Å². The van der Waals surface area contributed by atoms with Crippen LogP contribution in [-0.4, -0.2) is 15.8 Å². The van der Waals surface area contributed by atoms with Crippen LogP contribution in [0.5, 0.6) is 0 Å². The lowest BCUT2D eigenvalue weighted by atomic mass is 10.2. The Morgan fingerprint density at radius 1 is 0.733 bits per heavy atom. The fraction of sp³-hybridized carbons (Fsp3) is 0.0952. The molecule has 3 heterocycles. The number of hydrogen-bond donors (Lipinski definition) is 0. The number of anilines is 3. The van der Waals surface area contributed by atoms with Gasteiger partial charge in [0, 0.05) is 16.3 Å². The maximum atomic E-state index is 5.00. The molecule has 0 bridgehead atoms. The highest BCUT2D eigenvalue weighted by Gasteiger charge is 2.38. The van der Waals surface area contributed by atoms with E-state index in [1.165, 1.54) is 0 Å². The van der Waals surface area contributed by atoms with E-state index in [4.69, 9.17) is 15.1 Å². The van der Waals surface area contributed by atoms with Crippen LogP contribution in [0.4, 0.5) is 16.0 Å². The number of aromatic nitrogens is 2. The van der Waals surface area contributed by atoms with Crippen molar-refractivity contribution in [2.45, 2.75) is 13.8 Å². The number of benzene rings is 2. The van der Waals surface area contributed by atoms with E-state index in [1.54, 1.807) is 22.7 Å². The Balaban J connectivity index is 0.00000218. The minimum atomic E-state index is 0. The third-order valence-electron chi connectivity index (χ3n) is 4.34. The predicted molar refractivity (Wildman–Crippen MR) is 131 cm³/mol. The Bertz CT molecular complexity index is 1160. The summed E-state index contributed by atoms with van der Waals surface area (Å²) in [6.07, 6.45) is 0. The molecule has 0 atom stereocenters. The number of amidine groups is 1. The number of thiazole rings is 2. The van der Waals surface area contributed by atoms with E-state index in [0.717, 1.165) is 38.7 Å². The molecule has 9 heteroatoms. The molecule has 0 N–H and O–H groups in total. The summed E-state index contributed by atoms with van der Waals surface area (Å²) in [7, 11) is 0. The molecule has 0 radical (unpaired) electrons. The van der Waals surface area contributed by atoms with E-state index in [0.29, 0.717) is 0 Å². The van der Waals surface area contributed by atoms with Crippen LogP contribution < -0.4 is 15.2 Å². The standard InChI is InChI=1S/C21H18N6S2.BrH/c1-15-13-28-20(22-15)25-19(17-9-5-3-6-10-17)24-26(18-11-7-4-8-12-18)27(25)21-23-16(2)14-29-21;/h3-14H,1-2H3;1H. The van der Waals surface area contributed by atoms with E-state index in [1.807, 2.05) is 83.0 Å². The Labute approximate surface area is 193 Å². The van der Waals surface area contributed by atoms with Crippen LogP contribution >= 0.6 is 39.7 Å². The van der Waals surface area contributed by atoms with Gasteiger partial charge < -0.3 is 0 Å². The lowest BCUT2D eigenvalue weighted by molar-refractivity contribution is 0.808. The van der Waals surface area contributed by atoms with Gasteiger partial charge in [-0.2, -0.15) is 5.01 Å². The summed E-state index contributed by atoms with van der Waals surface area (Å²) in [5.41, 5.74) is 3.91. The van der Waals surface area contributed by atoms with Gasteiger partial charge in [0.15, 0.2) is 5.84 Å². The molecule has 0 saturated heterocycles. The summed E-state index contributed by atoms with van der Waals surface area (Å²) in [5, 5.41) is 16.7. The minimum Gasteiger partial charge on any atom is -0.224 e. The van der Waals surface area contributed by atoms with Gasteiger partial charge in [-0.3, -0.25) is 0 Å². The second-order valence-corrected chi connectivity index (χ2v) is 8.23. The van der Waals surface area contributed by atoms with E-state index in [9.17, 15) is 0 Å². The van der Waals surface area contributed by atoms with Gasteiger partial charge in [-0.05, 0) is 26.0 Å². The van der Waals surface area contributed by atoms with Crippen LogP contribution in [0.15, 0.2) is 76.5 Å². The molecule has 2 aromatic heterocycles. The minimum absolute atomic E-state index is 0.